The molecule has 0 bridgehead atoms. The van der Waals surface area contributed by atoms with Gasteiger partial charge in [0.2, 0.25) is 0 Å². The molecule has 0 fully saturated rings. The van der Waals surface area contributed by atoms with E-state index in [9.17, 15) is 18.9 Å². The number of carbonyl (C=O) groups excluding carboxylic acids is 3. The highest BCUT2D eigenvalue weighted by atomic mass is 31.2. The molecule has 200 valence electrons. The summed E-state index contributed by atoms with van der Waals surface area (Å²) >= 11 is 0. The van der Waals surface area contributed by atoms with Gasteiger partial charge in [-0.25, -0.2) is 0 Å². The van der Waals surface area contributed by atoms with Crippen molar-refractivity contribution in [2.24, 2.45) is 0 Å². The van der Waals surface area contributed by atoms with Crippen molar-refractivity contribution in [1.29, 1.82) is 0 Å². The van der Waals surface area contributed by atoms with E-state index in [-0.39, 0.29) is 43.2 Å². The van der Waals surface area contributed by atoms with Crippen LogP contribution < -0.4 is 0 Å². The number of aryl methyl sites for hydroxylation is 6. The minimum Gasteiger partial charge on any atom is -0.302 e. The van der Waals surface area contributed by atoms with Gasteiger partial charge in [0.1, 0.15) is 0 Å². The standard InChI is InChI=1S/C31H35O6P/c1-20-16-22(3)29(23(4)17-20)27(32)12-14-36-38(35,31(34)26-10-8-7-9-11-26)37-15-13-28(33)30-24(5)18-21(2)19-25(30)6/h7-11,16-19H,12-15H2,1-6H3. The summed E-state index contributed by atoms with van der Waals surface area (Å²) < 4.78 is 24.8. The topological polar surface area (TPSA) is 86.7 Å². The molecule has 0 aliphatic heterocycles. The number of rotatable bonds is 12. The molecule has 3 aromatic carbocycles. The van der Waals surface area contributed by atoms with E-state index in [0.717, 1.165) is 33.4 Å². The molecule has 0 aliphatic carbocycles. The Bertz CT molecular complexity index is 1280. The zero-order valence-electron chi connectivity index (χ0n) is 22.9. The van der Waals surface area contributed by atoms with Gasteiger partial charge in [-0.1, -0.05) is 65.7 Å². The first-order valence-corrected chi connectivity index (χ1v) is 14.2. The van der Waals surface area contributed by atoms with Crippen LogP contribution in [0.3, 0.4) is 0 Å². The van der Waals surface area contributed by atoms with Crippen molar-refractivity contribution < 1.29 is 28.0 Å². The van der Waals surface area contributed by atoms with Crippen molar-refractivity contribution in [2.45, 2.75) is 54.4 Å². The van der Waals surface area contributed by atoms with Crippen molar-refractivity contribution in [2.75, 3.05) is 13.2 Å². The Balaban J connectivity index is 1.73. The Labute approximate surface area is 224 Å². The summed E-state index contributed by atoms with van der Waals surface area (Å²) in [6, 6.07) is 15.8. The van der Waals surface area contributed by atoms with E-state index in [1.54, 1.807) is 18.2 Å². The van der Waals surface area contributed by atoms with Crippen molar-refractivity contribution in [3.63, 3.8) is 0 Å². The summed E-state index contributed by atoms with van der Waals surface area (Å²) in [5, 5.41) is 0. The lowest BCUT2D eigenvalue weighted by atomic mass is 9.95. The van der Waals surface area contributed by atoms with Crippen molar-refractivity contribution in [3.8, 4) is 0 Å². The van der Waals surface area contributed by atoms with Crippen LogP contribution in [0.5, 0.6) is 0 Å². The molecule has 0 radical (unpaired) electrons. The quantitative estimate of drug-likeness (QED) is 0.177. The summed E-state index contributed by atoms with van der Waals surface area (Å²) in [6.07, 6.45) is -0.137. The van der Waals surface area contributed by atoms with Crippen LogP contribution in [-0.2, 0) is 13.6 Å². The smallest absolute Gasteiger partial charge is 0.302 e. The van der Waals surface area contributed by atoms with E-state index in [2.05, 4.69) is 0 Å². The third-order valence-electron chi connectivity index (χ3n) is 6.36. The minimum atomic E-state index is -4.33. The molecular formula is C31H35O6P. The van der Waals surface area contributed by atoms with E-state index >= 15 is 0 Å². The molecule has 0 aromatic heterocycles. The molecule has 0 atom stereocenters. The highest BCUT2D eigenvalue weighted by molar-refractivity contribution is 7.72. The van der Waals surface area contributed by atoms with Gasteiger partial charge in [0.05, 0.1) is 13.2 Å². The summed E-state index contributed by atoms with van der Waals surface area (Å²) in [5.41, 5.74) is 6.10. The van der Waals surface area contributed by atoms with Gasteiger partial charge < -0.3 is 9.05 Å². The van der Waals surface area contributed by atoms with Gasteiger partial charge in [0.25, 0.3) is 5.52 Å². The largest absolute Gasteiger partial charge is 0.401 e. The number of ketones is 2. The van der Waals surface area contributed by atoms with E-state index in [1.165, 1.54) is 12.1 Å². The summed E-state index contributed by atoms with van der Waals surface area (Å²) in [6.45, 7) is 10.9. The monoisotopic (exact) mass is 534 g/mol. The third-order valence-corrected chi connectivity index (χ3v) is 8.16. The van der Waals surface area contributed by atoms with E-state index in [1.807, 2.05) is 65.8 Å². The van der Waals surface area contributed by atoms with Crippen LogP contribution in [0.1, 0.15) is 77.3 Å². The first-order chi connectivity index (χ1) is 17.9. The Hall–Kier alpha value is -3.18. The fraction of sp³-hybridized carbons (Fsp3) is 0.323. The van der Waals surface area contributed by atoms with Crippen molar-refractivity contribution >= 4 is 24.7 Å². The molecule has 7 heteroatoms. The fourth-order valence-electron chi connectivity index (χ4n) is 4.90. The maximum Gasteiger partial charge on any atom is 0.401 e. The Morgan fingerprint density at radius 3 is 1.37 bits per heavy atom. The normalized spacial score (nSPS) is 11.4. The lowest BCUT2D eigenvalue weighted by Gasteiger charge is -2.18. The van der Waals surface area contributed by atoms with E-state index < -0.39 is 13.1 Å². The first kappa shape index (κ1) is 29.4. The summed E-state index contributed by atoms with van der Waals surface area (Å²) in [4.78, 5) is 39.0. The average molecular weight is 535 g/mol. The van der Waals surface area contributed by atoms with Gasteiger partial charge in [-0.2, -0.15) is 0 Å². The number of benzene rings is 3. The highest BCUT2D eigenvalue weighted by Gasteiger charge is 2.36. The first-order valence-electron chi connectivity index (χ1n) is 12.6. The molecular weight excluding hydrogens is 499 g/mol. The molecule has 0 spiro atoms. The molecule has 3 rings (SSSR count). The van der Waals surface area contributed by atoms with Gasteiger partial charge in [0.15, 0.2) is 11.6 Å². The van der Waals surface area contributed by atoms with Gasteiger partial charge in [-0.15, -0.1) is 0 Å². The molecule has 3 aromatic rings. The average Bonchev–Trinajstić information content (AvgIpc) is 2.83. The van der Waals surface area contributed by atoms with Crippen molar-refractivity contribution in [1.82, 2.24) is 0 Å². The van der Waals surface area contributed by atoms with E-state index in [4.69, 9.17) is 9.05 Å². The minimum absolute atomic E-state index is 0.0686. The molecule has 0 unspecified atom stereocenters. The van der Waals surface area contributed by atoms with E-state index in [0.29, 0.717) is 11.1 Å². The lowest BCUT2D eigenvalue weighted by Crippen LogP contribution is -2.14. The number of carbonyl (C=O) groups is 3. The highest BCUT2D eigenvalue weighted by Crippen LogP contribution is 2.51. The Morgan fingerprint density at radius 2 is 1.00 bits per heavy atom. The Morgan fingerprint density at radius 1 is 0.632 bits per heavy atom. The maximum absolute atomic E-state index is 13.7. The molecule has 38 heavy (non-hydrogen) atoms. The molecule has 6 nitrogen and oxygen atoms in total. The van der Waals surface area contributed by atoms with Crippen LogP contribution in [0.4, 0.5) is 0 Å². The van der Waals surface area contributed by atoms with Crippen LogP contribution in [0, 0.1) is 41.5 Å². The van der Waals surface area contributed by atoms with Crippen LogP contribution in [0.2, 0.25) is 0 Å². The molecule has 0 saturated heterocycles. The molecule has 0 saturated carbocycles. The molecule has 0 N–H and O–H groups in total. The zero-order chi connectivity index (χ0) is 28.0. The Kier molecular flexibility index (Phi) is 9.72. The van der Waals surface area contributed by atoms with Gasteiger partial charge in [0, 0.05) is 29.5 Å². The van der Waals surface area contributed by atoms with Crippen LogP contribution in [-0.4, -0.2) is 30.3 Å². The maximum atomic E-state index is 13.7. The fourth-order valence-corrected chi connectivity index (χ4v) is 6.34. The number of hydrogen-bond donors (Lipinski definition) is 0. The molecule has 0 aliphatic rings. The van der Waals surface area contributed by atoms with Crippen LogP contribution >= 0.6 is 7.60 Å². The third kappa shape index (κ3) is 7.02. The summed E-state index contributed by atoms with van der Waals surface area (Å²) in [7, 11) is -4.33. The number of hydrogen-bond acceptors (Lipinski definition) is 6. The van der Waals surface area contributed by atoms with Crippen molar-refractivity contribution in [3.05, 3.63) is 105 Å². The second-order valence-electron chi connectivity index (χ2n) is 9.73. The van der Waals surface area contributed by atoms with Gasteiger partial charge in [-0.05, 0) is 63.8 Å². The molecule has 0 amide bonds. The SMILES string of the molecule is Cc1cc(C)c(C(=O)CCOP(=O)(OCCC(=O)c2c(C)cc(C)cc2C)C(=O)c2ccccc2)c(C)c1. The second kappa shape index (κ2) is 12.6. The molecule has 0 heterocycles. The second-order valence-corrected chi connectivity index (χ2v) is 11.6. The van der Waals surface area contributed by atoms with Gasteiger partial charge >= 0.3 is 7.60 Å². The van der Waals surface area contributed by atoms with Crippen LogP contribution in [0.15, 0.2) is 54.6 Å². The zero-order valence-corrected chi connectivity index (χ0v) is 23.8. The van der Waals surface area contributed by atoms with Gasteiger partial charge in [-0.3, -0.25) is 18.9 Å². The lowest BCUT2D eigenvalue weighted by molar-refractivity contribution is 0.0905. The van der Waals surface area contributed by atoms with Crippen LogP contribution in [0.25, 0.3) is 0 Å². The predicted octanol–water partition coefficient (Wildman–Crippen LogP) is 7.45. The number of Topliss-reactive ketones (excluding diaryl/α,β-unsaturated/α-hetero) is 2. The summed E-state index contributed by atoms with van der Waals surface area (Å²) in [5.74, 6) is -0.335. The predicted molar refractivity (Wildman–Crippen MR) is 149 cm³/mol.